The second-order valence-electron chi connectivity index (χ2n) is 6.54. The first kappa shape index (κ1) is 21.2. The number of methoxy groups -OCH3 is 1. The maximum atomic E-state index is 10.7. The van der Waals surface area contributed by atoms with Crippen molar-refractivity contribution in [1.82, 2.24) is 4.98 Å². The number of ether oxygens (including phenoxy) is 4. The summed E-state index contributed by atoms with van der Waals surface area (Å²) in [7, 11) is 1.51. The van der Waals surface area contributed by atoms with Gasteiger partial charge in [-0.3, -0.25) is 15.5 Å². The average Bonchev–Trinajstić information content (AvgIpc) is 3.26. The molecular formula is C21H17ClN4O6. The number of anilines is 1. The molecule has 3 aromatic rings. The molecule has 0 amide bonds. The van der Waals surface area contributed by atoms with Crippen LogP contribution in [0.5, 0.6) is 23.0 Å². The van der Waals surface area contributed by atoms with E-state index < -0.39 is 4.92 Å². The van der Waals surface area contributed by atoms with Gasteiger partial charge in [-0.15, -0.1) is 0 Å². The molecule has 1 aliphatic heterocycles. The summed E-state index contributed by atoms with van der Waals surface area (Å²) in [6, 6.07) is 11.7. The summed E-state index contributed by atoms with van der Waals surface area (Å²) in [4.78, 5) is 14.1. The van der Waals surface area contributed by atoms with Crippen molar-refractivity contribution < 1.29 is 23.9 Å². The van der Waals surface area contributed by atoms with Crippen LogP contribution in [0.1, 0.15) is 11.1 Å². The third-order valence-corrected chi connectivity index (χ3v) is 4.70. The van der Waals surface area contributed by atoms with E-state index in [9.17, 15) is 10.1 Å². The number of hydrazone groups is 1. The second-order valence-corrected chi connectivity index (χ2v) is 6.95. The van der Waals surface area contributed by atoms with Crippen LogP contribution in [0.25, 0.3) is 0 Å². The molecule has 0 saturated heterocycles. The van der Waals surface area contributed by atoms with E-state index in [2.05, 4.69) is 15.5 Å². The molecule has 0 fully saturated rings. The van der Waals surface area contributed by atoms with Gasteiger partial charge in [-0.05, 0) is 41.5 Å². The van der Waals surface area contributed by atoms with Crippen molar-refractivity contribution in [3.63, 3.8) is 0 Å². The quantitative estimate of drug-likeness (QED) is 0.301. The van der Waals surface area contributed by atoms with Crippen LogP contribution in [0.2, 0.25) is 5.02 Å². The summed E-state index contributed by atoms with van der Waals surface area (Å²) in [6.07, 6.45) is 2.66. The number of halogens is 1. The Morgan fingerprint density at radius 3 is 2.84 bits per heavy atom. The van der Waals surface area contributed by atoms with Crippen LogP contribution in [0, 0.1) is 10.1 Å². The minimum Gasteiger partial charge on any atom is -0.493 e. The van der Waals surface area contributed by atoms with E-state index in [4.69, 9.17) is 30.5 Å². The zero-order chi connectivity index (χ0) is 22.5. The van der Waals surface area contributed by atoms with Gasteiger partial charge in [-0.1, -0.05) is 17.7 Å². The molecule has 0 bridgehead atoms. The van der Waals surface area contributed by atoms with Gasteiger partial charge in [0.15, 0.2) is 23.0 Å². The smallest absolute Gasteiger partial charge is 0.287 e. The van der Waals surface area contributed by atoms with E-state index in [0.29, 0.717) is 39.4 Å². The number of aromatic nitrogens is 1. The molecule has 2 heterocycles. The lowest BCUT2D eigenvalue weighted by atomic mass is 10.2. The SMILES string of the molecule is COc1cc(/C=N/Nc2ccc([N+](=O)[O-])cn2)cc(Cl)c1OCc1ccc2c(c1)OCO2. The zero-order valence-electron chi connectivity index (χ0n) is 16.8. The van der Waals surface area contributed by atoms with Crippen LogP contribution < -0.4 is 24.4 Å². The highest BCUT2D eigenvalue weighted by Gasteiger charge is 2.15. The van der Waals surface area contributed by atoms with Crippen molar-refractivity contribution in [1.29, 1.82) is 0 Å². The number of nitrogens with zero attached hydrogens (tertiary/aromatic N) is 3. The molecule has 0 radical (unpaired) electrons. The second kappa shape index (κ2) is 9.40. The maximum absolute atomic E-state index is 10.7. The van der Waals surface area contributed by atoms with Gasteiger partial charge in [-0.25, -0.2) is 4.98 Å². The number of hydrogen-bond acceptors (Lipinski definition) is 9. The van der Waals surface area contributed by atoms with Crippen LogP contribution in [-0.2, 0) is 6.61 Å². The minimum absolute atomic E-state index is 0.104. The molecule has 10 nitrogen and oxygen atoms in total. The first-order valence-electron chi connectivity index (χ1n) is 9.32. The fraction of sp³-hybridized carbons (Fsp3) is 0.143. The number of rotatable bonds is 8. The summed E-state index contributed by atoms with van der Waals surface area (Å²) in [6.45, 7) is 0.463. The fourth-order valence-corrected chi connectivity index (χ4v) is 3.15. The molecule has 0 spiro atoms. The van der Waals surface area contributed by atoms with E-state index in [1.165, 1.54) is 25.5 Å². The first-order valence-corrected chi connectivity index (χ1v) is 9.69. The minimum atomic E-state index is -0.523. The van der Waals surface area contributed by atoms with Gasteiger partial charge in [-0.2, -0.15) is 5.10 Å². The number of pyridine rings is 1. The first-order chi connectivity index (χ1) is 15.5. The Hall–Kier alpha value is -4.05. The predicted octanol–water partition coefficient (Wildman–Crippen LogP) is 4.41. The average molecular weight is 457 g/mol. The standard InChI is InChI=1S/C21H17ClN4O6/c1-29-19-8-14(9-24-25-20-5-3-15(10-23-20)26(27)28)6-16(22)21(19)30-11-13-2-4-17-18(7-13)32-12-31-17/h2-10H,11-12H2,1H3,(H,23,25)/b24-9+. The fourth-order valence-electron chi connectivity index (χ4n) is 2.87. The molecule has 1 aromatic heterocycles. The largest absolute Gasteiger partial charge is 0.493 e. The summed E-state index contributed by atoms with van der Waals surface area (Å²) in [5.41, 5.74) is 4.13. The Balaban J connectivity index is 1.43. The van der Waals surface area contributed by atoms with Gasteiger partial charge < -0.3 is 18.9 Å². The summed E-state index contributed by atoms with van der Waals surface area (Å²) >= 11 is 6.41. The zero-order valence-corrected chi connectivity index (χ0v) is 17.5. The highest BCUT2D eigenvalue weighted by Crippen LogP contribution is 2.37. The number of hydrogen-bond donors (Lipinski definition) is 1. The highest BCUT2D eigenvalue weighted by atomic mass is 35.5. The Bertz CT molecular complexity index is 1170. The number of nitro groups is 1. The molecule has 1 aliphatic rings. The van der Waals surface area contributed by atoms with E-state index in [-0.39, 0.29) is 19.1 Å². The molecule has 1 N–H and O–H groups in total. The Morgan fingerprint density at radius 2 is 2.09 bits per heavy atom. The lowest BCUT2D eigenvalue weighted by Crippen LogP contribution is -2.00. The van der Waals surface area contributed by atoms with Gasteiger partial charge in [0.2, 0.25) is 6.79 Å². The lowest BCUT2D eigenvalue weighted by Gasteiger charge is -2.13. The maximum Gasteiger partial charge on any atom is 0.287 e. The van der Waals surface area contributed by atoms with Crippen LogP contribution in [0.15, 0.2) is 53.8 Å². The van der Waals surface area contributed by atoms with Gasteiger partial charge in [0, 0.05) is 6.07 Å². The van der Waals surface area contributed by atoms with Crippen molar-refractivity contribution in [3.05, 3.63) is 74.9 Å². The normalized spacial score (nSPS) is 12.1. The Kier molecular flexibility index (Phi) is 6.22. The third kappa shape index (κ3) is 4.81. The van der Waals surface area contributed by atoms with Crippen molar-refractivity contribution in [3.8, 4) is 23.0 Å². The van der Waals surface area contributed by atoms with Crippen LogP contribution in [0.4, 0.5) is 11.5 Å². The van der Waals surface area contributed by atoms with Gasteiger partial charge in [0.1, 0.15) is 18.6 Å². The molecule has 0 aliphatic carbocycles. The summed E-state index contributed by atoms with van der Waals surface area (Å²) in [5, 5.41) is 15.1. The van der Waals surface area contributed by atoms with Crippen molar-refractivity contribution in [2.24, 2.45) is 5.10 Å². The van der Waals surface area contributed by atoms with Crippen LogP contribution in [0.3, 0.4) is 0 Å². The number of nitrogens with one attached hydrogen (secondary N) is 1. The molecular weight excluding hydrogens is 440 g/mol. The third-order valence-electron chi connectivity index (χ3n) is 4.42. The molecule has 164 valence electrons. The molecule has 0 unspecified atom stereocenters. The molecule has 4 rings (SSSR count). The monoisotopic (exact) mass is 456 g/mol. The van der Waals surface area contributed by atoms with Gasteiger partial charge in [0.25, 0.3) is 5.69 Å². The molecule has 32 heavy (non-hydrogen) atoms. The Morgan fingerprint density at radius 1 is 1.25 bits per heavy atom. The van der Waals surface area contributed by atoms with Crippen molar-refractivity contribution >= 4 is 29.3 Å². The molecule has 0 saturated carbocycles. The topological polar surface area (TPSA) is 117 Å². The van der Waals surface area contributed by atoms with E-state index in [0.717, 1.165) is 11.8 Å². The van der Waals surface area contributed by atoms with Crippen LogP contribution >= 0.6 is 11.6 Å². The molecule has 2 aromatic carbocycles. The number of benzene rings is 2. The summed E-state index contributed by atoms with van der Waals surface area (Å²) < 4.78 is 22.0. The number of fused-ring (bicyclic) bond motifs is 1. The Labute approximate surface area is 187 Å². The van der Waals surface area contributed by atoms with Crippen molar-refractivity contribution in [2.75, 3.05) is 19.3 Å². The highest BCUT2D eigenvalue weighted by molar-refractivity contribution is 6.32. The van der Waals surface area contributed by atoms with E-state index in [1.54, 1.807) is 12.1 Å². The van der Waals surface area contributed by atoms with E-state index in [1.807, 2.05) is 18.2 Å². The van der Waals surface area contributed by atoms with Gasteiger partial charge in [0.05, 0.1) is 23.3 Å². The molecule has 11 heteroatoms. The van der Waals surface area contributed by atoms with Gasteiger partial charge >= 0.3 is 0 Å². The summed E-state index contributed by atoms with van der Waals surface area (Å²) in [5.74, 6) is 2.56. The van der Waals surface area contributed by atoms with Crippen molar-refractivity contribution in [2.45, 2.75) is 6.61 Å². The van der Waals surface area contributed by atoms with E-state index >= 15 is 0 Å². The lowest BCUT2D eigenvalue weighted by molar-refractivity contribution is -0.385. The van der Waals surface area contributed by atoms with Crippen LogP contribution in [-0.4, -0.2) is 30.0 Å². The molecule has 0 atom stereocenters. The predicted molar refractivity (Wildman–Crippen MR) is 117 cm³/mol.